The first-order valence-electron chi connectivity index (χ1n) is 5.88. The normalized spacial score (nSPS) is 11.4. The molecule has 0 radical (unpaired) electrons. The van der Waals surface area contributed by atoms with Gasteiger partial charge in [0.1, 0.15) is 11.7 Å². The fourth-order valence-electron chi connectivity index (χ4n) is 2.08. The Morgan fingerprint density at radius 1 is 1.50 bits per heavy atom. The third-order valence-electron chi connectivity index (χ3n) is 2.58. The van der Waals surface area contributed by atoms with Crippen molar-refractivity contribution in [2.45, 2.75) is 33.3 Å². The van der Waals surface area contributed by atoms with Gasteiger partial charge in [-0.3, -0.25) is 5.41 Å². The van der Waals surface area contributed by atoms with Crippen molar-refractivity contribution in [2.24, 2.45) is 5.73 Å². The van der Waals surface area contributed by atoms with E-state index < -0.39 is 5.60 Å². The first-order valence-corrected chi connectivity index (χ1v) is 5.88. The fourth-order valence-corrected chi connectivity index (χ4v) is 2.08. The van der Waals surface area contributed by atoms with Gasteiger partial charge in [-0.15, -0.1) is 0 Å². The number of aliphatic hydroxyl groups is 1. The molecule has 100 valence electrons. The van der Waals surface area contributed by atoms with Crippen molar-refractivity contribution in [3.8, 4) is 0 Å². The molecule has 0 atom stereocenters. The molecular weight excluding hydrogens is 228 g/mol. The number of hydrogen-bond donors (Lipinski definition) is 3. The number of amidine groups is 1. The molecule has 0 fully saturated rings. The van der Waals surface area contributed by atoms with Crippen molar-refractivity contribution in [2.75, 3.05) is 18.5 Å². The average Bonchev–Trinajstić information content (AvgIpc) is 2.12. The molecule has 0 aliphatic carbocycles. The number of anilines is 1. The fraction of sp³-hybridized carbons (Fsp3) is 0.538. The molecular formula is C13H22N4O. The Bertz CT molecular complexity index is 463. The number of aromatic nitrogens is 1. The second-order valence-corrected chi connectivity index (χ2v) is 5.36. The van der Waals surface area contributed by atoms with Crippen molar-refractivity contribution in [1.82, 2.24) is 4.98 Å². The first-order chi connectivity index (χ1) is 8.11. The maximum Gasteiger partial charge on any atom is 0.139 e. The van der Waals surface area contributed by atoms with Gasteiger partial charge in [-0.05, 0) is 39.3 Å². The number of pyridine rings is 1. The van der Waals surface area contributed by atoms with Crippen molar-refractivity contribution in [1.29, 1.82) is 5.41 Å². The van der Waals surface area contributed by atoms with E-state index in [1.807, 2.05) is 31.9 Å². The van der Waals surface area contributed by atoms with Gasteiger partial charge in [0, 0.05) is 19.3 Å². The molecule has 1 heterocycles. The molecule has 0 saturated heterocycles. The van der Waals surface area contributed by atoms with Crippen LogP contribution < -0.4 is 10.6 Å². The van der Waals surface area contributed by atoms with Crippen LogP contribution >= 0.6 is 0 Å². The number of aryl methyl sites for hydroxylation is 2. The Morgan fingerprint density at radius 2 is 2.06 bits per heavy atom. The summed E-state index contributed by atoms with van der Waals surface area (Å²) in [6.45, 7) is 7.70. The van der Waals surface area contributed by atoms with Gasteiger partial charge < -0.3 is 15.7 Å². The monoisotopic (exact) mass is 250 g/mol. The van der Waals surface area contributed by atoms with Gasteiger partial charge in [0.05, 0.1) is 11.2 Å². The second-order valence-electron chi connectivity index (χ2n) is 5.36. The summed E-state index contributed by atoms with van der Waals surface area (Å²) >= 11 is 0. The van der Waals surface area contributed by atoms with E-state index in [1.165, 1.54) is 0 Å². The zero-order valence-corrected chi connectivity index (χ0v) is 11.7. The lowest BCUT2D eigenvalue weighted by Crippen LogP contribution is -2.38. The highest BCUT2D eigenvalue weighted by Gasteiger charge is 2.21. The molecule has 1 aromatic heterocycles. The van der Waals surface area contributed by atoms with Crippen LogP contribution in [0.4, 0.5) is 5.82 Å². The van der Waals surface area contributed by atoms with Gasteiger partial charge in [-0.25, -0.2) is 4.98 Å². The second kappa shape index (κ2) is 4.94. The summed E-state index contributed by atoms with van der Waals surface area (Å²) in [6, 6.07) is 1.90. The first kappa shape index (κ1) is 14.4. The van der Waals surface area contributed by atoms with Crippen LogP contribution in [0.3, 0.4) is 0 Å². The molecule has 0 aromatic carbocycles. The molecule has 18 heavy (non-hydrogen) atoms. The molecule has 0 amide bonds. The summed E-state index contributed by atoms with van der Waals surface area (Å²) in [4.78, 5) is 6.26. The molecule has 0 spiro atoms. The average molecular weight is 250 g/mol. The van der Waals surface area contributed by atoms with Gasteiger partial charge in [0.25, 0.3) is 0 Å². The van der Waals surface area contributed by atoms with E-state index in [2.05, 4.69) is 4.98 Å². The predicted octanol–water partition coefficient (Wildman–Crippen LogP) is 1.19. The highest BCUT2D eigenvalue weighted by molar-refractivity contribution is 6.01. The van der Waals surface area contributed by atoms with E-state index in [0.717, 1.165) is 11.3 Å². The molecule has 4 N–H and O–H groups in total. The van der Waals surface area contributed by atoms with Crippen molar-refractivity contribution < 1.29 is 5.11 Å². The molecule has 0 bridgehead atoms. The Morgan fingerprint density at radius 3 is 2.50 bits per heavy atom. The van der Waals surface area contributed by atoms with Crippen LogP contribution in [0.5, 0.6) is 0 Å². The van der Waals surface area contributed by atoms with Crippen molar-refractivity contribution in [3.05, 3.63) is 22.9 Å². The maximum absolute atomic E-state index is 9.86. The zero-order chi connectivity index (χ0) is 14.1. The van der Waals surface area contributed by atoms with Crippen LogP contribution in [0.2, 0.25) is 0 Å². The molecule has 1 aromatic rings. The van der Waals surface area contributed by atoms with E-state index in [0.29, 0.717) is 17.9 Å². The third-order valence-corrected chi connectivity index (χ3v) is 2.58. The van der Waals surface area contributed by atoms with E-state index in [4.69, 9.17) is 11.1 Å². The SMILES string of the molecule is Cc1cc(C)c(C(=N)N)c(N(C)CC(C)(C)O)n1. The Labute approximate surface area is 108 Å². The van der Waals surface area contributed by atoms with E-state index >= 15 is 0 Å². The minimum absolute atomic E-state index is 0.00223. The largest absolute Gasteiger partial charge is 0.389 e. The molecule has 5 nitrogen and oxygen atoms in total. The standard InChI is InChI=1S/C13H22N4O/c1-8-6-9(2)16-12(10(8)11(14)15)17(5)7-13(3,4)18/h6,18H,7H2,1-5H3,(H3,14,15). The molecule has 5 heteroatoms. The number of nitrogens with one attached hydrogen (secondary N) is 1. The number of hydrogen-bond acceptors (Lipinski definition) is 4. The highest BCUT2D eigenvalue weighted by Crippen LogP contribution is 2.22. The Balaban J connectivity index is 3.26. The summed E-state index contributed by atoms with van der Waals surface area (Å²) in [6.07, 6.45) is 0. The van der Waals surface area contributed by atoms with Gasteiger partial charge in [0.2, 0.25) is 0 Å². The number of nitrogens with zero attached hydrogens (tertiary/aromatic N) is 2. The van der Waals surface area contributed by atoms with Crippen LogP contribution in [-0.2, 0) is 0 Å². The van der Waals surface area contributed by atoms with Crippen LogP contribution in [0, 0.1) is 19.3 Å². The minimum Gasteiger partial charge on any atom is -0.389 e. The van der Waals surface area contributed by atoms with E-state index in [9.17, 15) is 5.11 Å². The smallest absolute Gasteiger partial charge is 0.139 e. The number of rotatable bonds is 4. The summed E-state index contributed by atoms with van der Waals surface area (Å²) in [7, 11) is 1.84. The van der Waals surface area contributed by atoms with E-state index in [-0.39, 0.29) is 5.84 Å². The Hall–Kier alpha value is -1.62. The summed E-state index contributed by atoms with van der Waals surface area (Å²) < 4.78 is 0. The van der Waals surface area contributed by atoms with Gasteiger partial charge >= 0.3 is 0 Å². The lowest BCUT2D eigenvalue weighted by molar-refractivity contribution is 0.0884. The van der Waals surface area contributed by atoms with Gasteiger partial charge in [-0.1, -0.05) is 0 Å². The topological polar surface area (TPSA) is 86.2 Å². The lowest BCUT2D eigenvalue weighted by Gasteiger charge is -2.28. The molecule has 0 aliphatic rings. The van der Waals surface area contributed by atoms with Crippen LogP contribution in [0.15, 0.2) is 6.07 Å². The van der Waals surface area contributed by atoms with Gasteiger partial charge in [0.15, 0.2) is 0 Å². The lowest BCUT2D eigenvalue weighted by atomic mass is 10.1. The summed E-state index contributed by atoms with van der Waals surface area (Å²) in [5, 5.41) is 17.5. The van der Waals surface area contributed by atoms with Crippen LogP contribution in [-0.4, -0.2) is 35.1 Å². The summed E-state index contributed by atoms with van der Waals surface area (Å²) in [5.41, 5.74) is 7.22. The number of nitrogen functional groups attached to an aromatic ring is 1. The Kier molecular flexibility index (Phi) is 3.96. The number of nitrogens with two attached hydrogens (primary N) is 1. The predicted molar refractivity (Wildman–Crippen MR) is 74.3 cm³/mol. The molecule has 0 aliphatic heterocycles. The van der Waals surface area contributed by atoms with Crippen molar-refractivity contribution in [3.63, 3.8) is 0 Å². The van der Waals surface area contributed by atoms with Crippen molar-refractivity contribution >= 4 is 11.7 Å². The van der Waals surface area contributed by atoms with Crippen LogP contribution in [0.1, 0.15) is 30.7 Å². The third kappa shape index (κ3) is 3.43. The highest BCUT2D eigenvalue weighted by atomic mass is 16.3. The molecule has 1 rings (SSSR count). The molecule has 0 unspecified atom stereocenters. The minimum atomic E-state index is -0.831. The summed E-state index contributed by atoms with van der Waals surface area (Å²) in [5.74, 6) is 0.639. The van der Waals surface area contributed by atoms with Gasteiger partial charge in [-0.2, -0.15) is 0 Å². The van der Waals surface area contributed by atoms with Crippen LogP contribution in [0.25, 0.3) is 0 Å². The quantitative estimate of drug-likeness (QED) is 0.553. The molecule has 0 saturated carbocycles. The number of likely N-dealkylation sites (N-methyl/N-ethyl adjacent to an activating group) is 1. The van der Waals surface area contributed by atoms with E-state index in [1.54, 1.807) is 13.8 Å². The zero-order valence-electron chi connectivity index (χ0n) is 11.7. The maximum atomic E-state index is 9.86.